The van der Waals surface area contributed by atoms with E-state index in [1.807, 2.05) is 43.3 Å². The van der Waals surface area contributed by atoms with E-state index in [0.29, 0.717) is 17.0 Å². The van der Waals surface area contributed by atoms with E-state index in [4.69, 9.17) is 5.41 Å². The number of aryl methyl sites for hydroxylation is 1. The highest BCUT2D eigenvalue weighted by atomic mass is 16.3. The van der Waals surface area contributed by atoms with Gasteiger partial charge in [-0.1, -0.05) is 12.1 Å². The molecular weight excluding hydrogens is 302 g/mol. The van der Waals surface area contributed by atoms with Gasteiger partial charge in [-0.2, -0.15) is 5.26 Å². The first kappa shape index (κ1) is 13.0. The number of fused-ring (bicyclic) bond motifs is 6. The van der Waals surface area contributed by atoms with Crippen molar-refractivity contribution in [1.82, 2.24) is 4.57 Å². The molecule has 4 heterocycles. The van der Waals surface area contributed by atoms with E-state index in [1.54, 1.807) is 9.47 Å². The molecule has 0 amide bonds. The van der Waals surface area contributed by atoms with Gasteiger partial charge in [0.2, 0.25) is 5.88 Å². The number of anilines is 2. The van der Waals surface area contributed by atoms with Gasteiger partial charge in [-0.05, 0) is 31.2 Å². The van der Waals surface area contributed by atoms with Crippen molar-refractivity contribution in [2.45, 2.75) is 12.8 Å². The largest absolute Gasteiger partial charge is 0.494 e. The average Bonchev–Trinajstić information content (AvgIpc) is 3.22. The molecule has 0 radical (unpaired) electrons. The number of benzene rings is 1. The Hall–Kier alpha value is -3.46. The zero-order valence-corrected chi connectivity index (χ0v) is 12.8. The monoisotopic (exact) mass is 315 g/mol. The zero-order valence-electron chi connectivity index (χ0n) is 12.8. The third-order valence-corrected chi connectivity index (χ3v) is 4.91. The lowest BCUT2D eigenvalue weighted by Gasteiger charge is -2.30. The van der Waals surface area contributed by atoms with Crippen LogP contribution in [0, 0.1) is 23.7 Å². The Morgan fingerprint density at radius 2 is 2.04 bits per heavy atom. The molecule has 0 bridgehead atoms. The van der Waals surface area contributed by atoms with Gasteiger partial charge < -0.3 is 10.4 Å². The van der Waals surface area contributed by atoms with Crippen LogP contribution in [0.3, 0.4) is 0 Å². The van der Waals surface area contributed by atoms with Crippen LogP contribution in [0.2, 0.25) is 0 Å². The minimum absolute atomic E-state index is 0.0404. The zero-order chi connectivity index (χ0) is 16.6. The van der Waals surface area contributed by atoms with Crippen molar-refractivity contribution in [3.8, 4) is 6.07 Å². The minimum atomic E-state index is -0.413. The van der Waals surface area contributed by atoms with E-state index < -0.39 is 5.92 Å². The second-order valence-corrected chi connectivity index (χ2v) is 6.11. The number of nitriles is 1. The normalized spacial score (nSPS) is 20.4. The third-order valence-electron chi connectivity index (χ3n) is 4.91. The number of rotatable bonds is 0. The summed E-state index contributed by atoms with van der Waals surface area (Å²) < 4.78 is 1.72. The molecule has 3 aliphatic heterocycles. The van der Waals surface area contributed by atoms with Gasteiger partial charge in [-0.3, -0.25) is 14.9 Å². The second kappa shape index (κ2) is 4.09. The molecule has 0 aliphatic carbocycles. The maximum absolute atomic E-state index is 10.7. The Balaban J connectivity index is 1.83. The highest BCUT2D eigenvalue weighted by Gasteiger charge is 2.47. The highest BCUT2D eigenvalue weighted by molar-refractivity contribution is 6.19. The first-order chi connectivity index (χ1) is 11.6. The fourth-order valence-corrected chi connectivity index (χ4v) is 3.88. The predicted molar refractivity (Wildman–Crippen MR) is 90.7 cm³/mol. The maximum Gasteiger partial charge on any atom is 0.203 e. The van der Waals surface area contributed by atoms with Gasteiger partial charge in [0.1, 0.15) is 11.7 Å². The summed E-state index contributed by atoms with van der Waals surface area (Å²) in [7, 11) is 0. The number of aliphatic hydroxyl groups is 1. The standard InChI is InChI=1S/C18H13N5O/c1-9-6-7-13-14-10(8-19)17-21-11-4-2-3-5-12(11)23(17)16(20)15(14)18(24)22(9)13/h2-7,14,20-21,24H,1H3. The molecule has 1 unspecified atom stereocenters. The molecule has 1 aromatic heterocycles. The first-order valence-electron chi connectivity index (χ1n) is 7.64. The van der Waals surface area contributed by atoms with Crippen LogP contribution in [0.1, 0.15) is 17.3 Å². The van der Waals surface area contributed by atoms with E-state index in [0.717, 1.165) is 22.8 Å². The van der Waals surface area contributed by atoms with Crippen molar-refractivity contribution in [3.63, 3.8) is 0 Å². The number of aliphatic hydroxyl groups excluding tert-OH is 1. The second-order valence-electron chi connectivity index (χ2n) is 6.11. The molecular formula is C18H13N5O. The molecule has 6 nitrogen and oxygen atoms in total. The maximum atomic E-state index is 10.7. The van der Waals surface area contributed by atoms with Gasteiger partial charge in [0.25, 0.3) is 0 Å². The van der Waals surface area contributed by atoms with Crippen molar-refractivity contribution in [2.75, 3.05) is 10.2 Å². The van der Waals surface area contributed by atoms with E-state index in [2.05, 4.69) is 11.4 Å². The fraction of sp³-hybridized carbons (Fsp3) is 0.111. The van der Waals surface area contributed by atoms with Gasteiger partial charge in [0.05, 0.1) is 34.5 Å². The molecule has 2 aromatic rings. The summed E-state index contributed by atoms with van der Waals surface area (Å²) in [5.74, 6) is 0.438. The SMILES string of the molecule is Cc1ccc2n1C(O)=C1C(=N)N3C(=C(C#N)C12)Nc1ccccc13. The van der Waals surface area contributed by atoms with E-state index >= 15 is 0 Å². The topological polar surface area (TPSA) is 88.1 Å². The number of aromatic nitrogens is 1. The van der Waals surface area contributed by atoms with Crippen LogP contribution < -0.4 is 10.2 Å². The van der Waals surface area contributed by atoms with Crippen molar-refractivity contribution in [1.29, 1.82) is 10.7 Å². The van der Waals surface area contributed by atoms with Crippen LogP contribution in [0.25, 0.3) is 5.88 Å². The number of nitrogens with zero attached hydrogens (tertiary/aromatic N) is 3. The fourth-order valence-electron chi connectivity index (χ4n) is 3.88. The Kier molecular flexibility index (Phi) is 2.22. The van der Waals surface area contributed by atoms with Crippen LogP contribution in [0.15, 0.2) is 53.4 Å². The molecule has 0 saturated carbocycles. The lowest BCUT2D eigenvalue weighted by atomic mass is 9.86. The van der Waals surface area contributed by atoms with Gasteiger partial charge in [0.15, 0.2) is 0 Å². The summed E-state index contributed by atoms with van der Waals surface area (Å²) in [6.07, 6.45) is 0. The minimum Gasteiger partial charge on any atom is -0.494 e. The Morgan fingerprint density at radius 3 is 2.83 bits per heavy atom. The molecule has 5 rings (SSSR count). The summed E-state index contributed by atoms with van der Waals surface area (Å²) in [6.45, 7) is 1.90. The summed E-state index contributed by atoms with van der Waals surface area (Å²) in [6, 6.07) is 13.7. The number of para-hydroxylation sites is 2. The van der Waals surface area contributed by atoms with Crippen molar-refractivity contribution < 1.29 is 5.11 Å². The highest BCUT2D eigenvalue weighted by Crippen LogP contribution is 2.51. The molecule has 0 spiro atoms. The summed E-state index contributed by atoms with van der Waals surface area (Å²) >= 11 is 0. The molecule has 1 aromatic carbocycles. The number of allylic oxidation sites excluding steroid dienone is 1. The van der Waals surface area contributed by atoms with Crippen LogP contribution in [0.4, 0.5) is 11.4 Å². The van der Waals surface area contributed by atoms with Crippen molar-refractivity contribution >= 4 is 23.1 Å². The van der Waals surface area contributed by atoms with Crippen LogP contribution >= 0.6 is 0 Å². The van der Waals surface area contributed by atoms with Crippen molar-refractivity contribution in [3.05, 3.63) is 64.8 Å². The Labute approximate surface area is 138 Å². The molecule has 6 heteroatoms. The van der Waals surface area contributed by atoms with E-state index in [9.17, 15) is 10.4 Å². The molecule has 0 saturated heterocycles. The van der Waals surface area contributed by atoms with Gasteiger partial charge >= 0.3 is 0 Å². The average molecular weight is 315 g/mol. The molecule has 3 aliphatic rings. The molecule has 116 valence electrons. The Bertz CT molecular complexity index is 1050. The van der Waals surface area contributed by atoms with Crippen LogP contribution in [0.5, 0.6) is 0 Å². The summed E-state index contributed by atoms with van der Waals surface area (Å²) in [4.78, 5) is 1.71. The van der Waals surface area contributed by atoms with Crippen LogP contribution in [-0.2, 0) is 0 Å². The quantitative estimate of drug-likeness (QED) is 0.696. The van der Waals surface area contributed by atoms with Crippen molar-refractivity contribution in [2.24, 2.45) is 0 Å². The summed E-state index contributed by atoms with van der Waals surface area (Å²) in [5, 5.41) is 32.5. The lowest BCUT2D eigenvalue weighted by molar-refractivity contribution is 0.471. The molecule has 24 heavy (non-hydrogen) atoms. The Morgan fingerprint density at radius 1 is 1.25 bits per heavy atom. The number of amidine groups is 1. The molecule has 0 fully saturated rings. The molecule has 3 N–H and O–H groups in total. The van der Waals surface area contributed by atoms with Gasteiger partial charge in [-0.25, -0.2) is 0 Å². The molecule has 1 atom stereocenters. The lowest BCUT2D eigenvalue weighted by Crippen LogP contribution is -2.37. The van der Waals surface area contributed by atoms with Crippen LogP contribution in [-0.4, -0.2) is 15.5 Å². The summed E-state index contributed by atoms with van der Waals surface area (Å²) in [5.41, 5.74) is 4.38. The van der Waals surface area contributed by atoms with Gasteiger partial charge in [0, 0.05) is 11.4 Å². The van der Waals surface area contributed by atoms with Gasteiger partial charge in [-0.15, -0.1) is 0 Å². The number of nitrogens with one attached hydrogen (secondary N) is 2. The first-order valence-corrected chi connectivity index (χ1v) is 7.64. The van der Waals surface area contributed by atoms with E-state index in [1.165, 1.54) is 0 Å². The smallest absolute Gasteiger partial charge is 0.203 e. The van der Waals surface area contributed by atoms with E-state index in [-0.39, 0.29) is 11.7 Å². The third kappa shape index (κ3) is 1.29. The number of hydrogen-bond donors (Lipinski definition) is 3. The number of hydrogen-bond acceptors (Lipinski definition) is 4. The predicted octanol–water partition coefficient (Wildman–Crippen LogP) is 3.28.